The van der Waals surface area contributed by atoms with Gasteiger partial charge in [-0.3, -0.25) is 11.3 Å². The zero-order valence-electron chi connectivity index (χ0n) is 8.70. The minimum atomic E-state index is 0.0517. The van der Waals surface area contributed by atoms with E-state index in [0.29, 0.717) is 0 Å². The van der Waals surface area contributed by atoms with Crippen molar-refractivity contribution in [2.75, 3.05) is 14.2 Å². The number of nitrogens with two attached hydrogens (primary N) is 1. The maximum Gasteiger partial charge on any atom is 0.127 e. The van der Waals surface area contributed by atoms with Crippen LogP contribution in [-0.2, 0) is 0 Å². The molecule has 0 aliphatic heterocycles. The van der Waals surface area contributed by atoms with Crippen molar-refractivity contribution in [3.8, 4) is 11.5 Å². The van der Waals surface area contributed by atoms with E-state index < -0.39 is 0 Å². The molecule has 1 atom stereocenters. The second-order valence-corrected chi connectivity index (χ2v) is 3.00. The van der Waals surface area contributed by atoms with Crippen LogP contribution in [0, 0.1) is 0 Å². The summed E-state index contributed by atoms with van der Waals surface area (Å²) in [5.41, 5.74) is 3.68. The van der Waals surface area contributed by atoms with Crippen molar-refractivity contribution in [3.63, 3.8) is 0 Å². The van der Waals surface area contributed by atoms with Crippen LogP contribution < -0.4 is 20.7 Å². The molecule has 78 valence electrons. The summed E-state index contributed by atoms with van der Waals surface area (Å²) in [6, 6.07) is 5.70. The minimum Gasteiger partial charge on any atom is -0.497 e. The predicted octanol–water partition coefficient (Wildman–Crippen LogP) is 1.23. The van der Waals surface area contributed by atoms with Crippen LogP contribution in [0.3, 0.4) is 0 Å². The van der Waals surface area contributed by atoms with E-state index in [0.717, 1.165) is 17.1 Å². The lowest BCUT2D eigenvalue weighted by Crippen LogP contribution is -2.25. The molecule has 1 aromatic rings. The summed E-state index contributed by atoms with van der Waals surface area (Å²) >= 11 is 0. The average Bonchev–Trinajstić information content (AvgIpc) is 2.27. The number of benzene rings is 1. The molecule has 4 nitrogen and oxygen atoms in total. The number of hydrogen-bond donors (Lipinski definition) is 2. The van der Waals surface area contributed by atoms with E-state index in [1.165, 1.54) is 0 Å². The van der Waals surface area contributed by atoms with Gasteiger partial charge in [-0.05, 0) is 13.0 Å². The first-order valence-corrected chi connectivity index (χ1v) is 4.41. The average molecular weight is 196 g/mol. The van der Waals surface area contributed by atoms with Gasteiger partial charge in [0.25, 0.3) is 0 Å². The molecule has 0 aliphatic rings. The number of hydrazine groups is 1. The highest BCUT2D eigenvalue weighted by Crippen LogP contribution is 2.28. The quantitative estimate of drug-likeness (QED) is 0.561. The molecule has 0 aliphatic carbocycles. The second-order valence-electron chi connectivity index (χ2n) is 3.00. The molecule has 0 saturated carbocycles. The SMILES string of the molecule is COc1ccc([C@@H](C)NN)c(OC)c1. The molecule has 0 aromatic heterocycles. The Hall–Kier alpha value is -1.26. The largest absolute Gasteiger partial charge is 0.497 e. The molecule has 0 radical (unpaired) electrons. The summed E-state index contributed by atoms with van der Waals surface area (Å²) in [5, 5.41) is 0. The van der Waals surface area contributed by atoms with Crippen molar-refractivity contribution in [1.82, 2.24) is 5.43 Å². The Morgan fingerprint density at radius 1 is 1.29 bits per heavy atom. The van der Waals surface area contributed by atoms with Crippen LogP contribution >= 0.6 is 0 Å². The Morgan fingerprint density at radius 2 is 2.00 bits per heavy atom. The number of ether oxygens (including phenoxy) is 2. The highest BCUT2D eigenvalue weighted by atomic mass is 16.5. The minimum absolute atomic E-state index is 0.0517. The monoisotopic (exact) mass is 196 g/mol. The van der Waals surface area contributed by atoms with Gasteiger partial charge >= 0.3 is 0 Å². The Labute approximate surface area is 84.0 Å². The van der Waals surface area contributed by atoms with Crippen LogP contribution in [0.25, 0.3) is 0 Å². The molecule has 3 N–H and O–H groups in total. The molecule has 0 spiro atoms. The van der Waals surface area contributed by atoms with Gasteiger partial charge in [-0.25, -0.2) is 0 Å². The van der Waals surface area contributed by atoms with Crippen LogP contribution in [-0.4, -0.2) is 14.2 Å². The normalized spacial score (nSPS) is 12.3. The van der Waals surface area contributed by atoms with Crippen molar-refractivity contribution in [2.45, 2.75) is 13.0 Å². The first kappa shape index (κ1) is 10.8. The lowest BCUT2D eigenvalue weighted by molar-refractivity contribution is 0.386. The van der Waals surface area contributed by atoms with Crippen molar-refractivity contribution >= 4 is 0 Å². The summed E-state index contributed by atoms with van der Waals surface area (Å²) < 4.78 is 10.3. The van der Waals surface area contributed by atoms with E-state index in [4.69, 9.17) is 15.3 Å². The third-order valence-corrected chi connectivity index (χ3v) is 2.16. The van der Waals surface area contributed by atoms with Crippen LogP contribution in [0.4, 0.5) is 0 Å². The molecule has 0 amide bonds. The van der Waals surface area contributed by atoms with Gasteiger partial charge in [0.1, 0.15) is 11.5 Å². The van der Waals surface area contributed by atoms with Gasteiger partial charge in [0.15, 0.2) is 0 Å². The lowest BCUT2D eigenvalue weighted by Gasteiger charge is -2.15. The topological polar surface area (TPSA) is 56.5 Å². The first-order valence-electron chi connectivity index (χ1n) is 4.41. The van der Waals surface area contributed by atoms with E-state index in [1.807, 2.05) is 25.1 Å². The molecule has 0 fully saturated rings. The predicted molar refractivity (Wildman–Crippen MR) is 55.3 cm³/mol. The van der Waals surface area contributed by atoms with Gasteiger partial charge in [-0.2, -0.15) is 0 Å². The standard InChI is InChI=1S/C10H16N2O2/c1-7(12-11)9-5-4-8(13-2)6-10(9)14-3/h4-7,12H,11H2,1-3H3/t7-/m1/s1. The molecule has 4 heteroatoms. The Kier molecular flexibility index (Phi) is 3.73. The summed E-state index contributed by atoms with van der Waals surface area (Å²) in [6.45, 7) is 1.96. The van der Waals surface area contributed by atoms with Gasteiger partial charge in [-0.15, -0.1) is 0 Å². The molecule has 0 bridgehead atoms. The second kappa shape index (κ2) is 4.83. The Bertz CT molecular complexity index is 302. The van der Waals surface area contributed by atoms with Crippen molar-refractivity contribution < 1.29 is 9.47 Å². The fourth-order valence-electron chi connectivity index (χ4n) is 1.27. The fraction of sp³-hybridized carbons (Fsp3) is 0.400. The van der Waals surface area contributed by atoms with Crippen molar-refractivity contribution in [2.24, 2.45) is 5.84 Å². The van der Waals surface area contributed by atoms with Gasteiger partial charge in [0, 0.05) is 17.7 Å². The lowest BCUT2D eigenvalue weighted by atomic mass is 10.1. The molecular formula is C10H16N2O2. The molecule has 0 heterocycles. The van der Waals surface area contributed by atoms with E-state index in [-0.39, 0.29) is 6.04 Å². The summed E-state index contributed by atoms with van der Waals surface area (Å²) in [4.78, 5) is 0. The summed E-state index contributed by atoms with van der Waals surface area (Å²) in [7, 11) is 3.25. The highest BCUT2D eigenvalue weighted by molar-refractivity contribution is 5.42. The van der Waals surface area contributed by atoms with Crippen LogP contribution in [0.2, 0.25) is 0 Å². The fourth-order valence-corrected chi connectivity index (χ4v) is 1.27. The number of hydrogen-bond acceptors (Lipinski definition) is 4. The molecule has 1 aromatic carbocycles. The number of rotatable bonds is 4. The van der Waals surface area contributed by atoms with Crippen LogP contribution in [0.5, 0.6) is 11.5 Å². The van der Waals surface area contributed by atoms with Crippen molar-refractivity contribution in [1.29, 1.82) is 0 Å². The maximum absolute atomic E-state index is 5.36. The number of methoxy groups -OCH3 is 2. The summed E-state index contributed by atoms with van der Waals surface area (Å²) in [5.74, 6) is 6.91. The van der Waals surface area contributed by atoms with Gasteiger partial charge < -0.3 is 9.47 Å². The van der Waals surface area contributed by atoms with Crippen LogP contribution in [0.15, 0.2) is 18.2 Å². The highest BCUT2D eigenvalue weighted by Gasteiger charge is 2.10. The van der Waals surface area contributed by atoms with E-state index in [9.17, 15) is 0 Å². The Balaban J connectivity index is 3.04. The smallest absolute Gasteiger partial charge is 0.127 e. The Morgan fingerprint density at radius 3 is 2.50 bits per heavy atom. The molecule has 0 unspecified atom stereocenters. The zero-order valence-corrected chi connectivity index (χ0v) is 8.70. The summed E-state index contributed by atoms with van der Waals surface area (Å²) in [6.07, 6.45) is 0. The molecule has 14 heavy (non-hydrogen) atoms. The van der Waals surface area contributed by atoms with Crippen molar-refractivity contribution in [3.05, 3.63) is 23.8 Å². The molecule has 0 saturated heterocycles. The molecular weight excluding hydrogens is 180 g/mol. The van der Waals surface area contributed by atoms with Gasteiger partial charge in [0.2, 0.25) is 0 Å². The van der Waals surface area contributed by atoms with E-state index in [1.54, 1.807) is 14.2 Å². The maximum atomic E-state index is 5.36. The van der Waals surface area contributed by atoms with Gasteiger partial charge in [-0.1, -0.05) is 6.07 Å². The first-order chi connectivity index (χ1) is 6.72. The third-order valence-electron chi connectivity index (χ3n) is 2.16. The van der Waals surface area contributed by atoms with Gasteiger partial charge in [0.05, 0.1) is 14.2 Å². The third kappa shape index (κ3) is 2.16. The molecule has 1 rings (SSSR count). The van der Waals surface area contributed by atoms with E-state index in [2.05, 4.69) is 5.43 Å². The zero-order chi connectivity index (χ0) is 10.6. The van der Waals surface area contributed by atoms with Crippen LogP contribution in [0.1, 0.15) is 18.5 Å². The van der Waals surface area contributed by atoms with E-state index >= 15 is 0 Å². The number of nitrogens with one attached hydrogen (secondary N) is 1.